The molecule has 0 aliphatic heterocycles. The maximum Gasteiger partial charge on any atom is 0.243 e. The first-order valence-electron chi connectivity index (χ1n) is 10.0. The monoisotopic (exact) mass is 412 g/mol. The average Bonchev–Trinajstić information content (AvgIpc) is 2.65. The maximum atomic E-state index is 13.0. The molecule has 0 heterocycles. The standard InChI is InChI=1S/C21H30Cl2N2O2/c1-3-9-20(26)25(14-16-17(22)12-8-13-18(16)23)19(4-2)21(27)24-15-10-6-5-7-11-15/h8,12-13,15,19H,3-7,9-11,14H2,1-2H3,(H,24,27)/t19-/m1/s1. The predicted molar refractivity (Wildman–Crippen MR) is 111 cm³/mol. The second kappa shape index (κ2) is 10.9. The number of halogens is 2. The summed E-state index contributed by atoms with van der Waals surface area (Å²) in [4.78, 5) is 27.5. The Balaban J connectivity index is 2.21. The highest BCUT2D eigenvalue weighted by molar-refractivity contribution is 6.36. The summed E-state index contributed by atoms with van der Waals surface area (Å²) in [5.74, 6) is -0.115. The summed E-state index contributed by atoms with van der Waals surface area (Å²) < 4.78 is 0. The van der Waals surface area contributed by atoms with Gasteiger partial charge < -0.3 is 10.2 Å². The number of hydrogen-bond acceptors (Lipinski definition) is 2. The van der Waals surface area contributed by atoms with E-state index in [-0.39, 0.29) is 24.4 Å². The van der Waals surface area contributed by atoms with E-state index in [1.807, 2.05) is 13.8 Å². The fourth-order valence-electron chi connectivity index (χ4n) is 3.68. The zero-order valence-corrected chi connectivity index (χ0v) is 17.8. The second-order valence-electron chi connectivity index (χ2n) is 7.24. The van der Waals surface area contributed by atoms with E-state index in [4.69, 9.17) is 23.2 Å². The maximum absolute atomic E-state index is 13.0. The van der Waals surface area contributed by atoms with E-state index in [1.54, 1.807) is 23.1 Å². The number of carbonyl (C=O) groups excluding carboxylic acids is 2. The van der Waals surface area contributed by atoms with Crippen molar-refractivity contribution in [3.63, 3.8) is 0 Å². The minimum Gasteiger partial charge on any atom is -0.352 e. The lowest BCUT2D eigenvalue weighted by molar-refractivity contribution is -0.141. The molecule has 1 fully saturated rings. The molecular formula is C21H30Cl2N2O2. The molecule has 0 spiro atoms. The van der Waals surface area contributed by atoms with E-state index >= 15 is 0 Å². The van der Waals surface area contributed by atoms with Crippen LogP contribution in [0.2, 0.25) is 10.0 Å². The fourth-order valence-corrected chi connectivity index (χ4v) is 4.19. The van der Waals surface area contributed by atoms with E-state index in [0.717, 1.165) is 32.1 Å². The molecule has 27 heavy (non-hydrogen) atoms. The van der Waals surface area contributed by atoms with Gasteiger partial charge in [0.15, 0.2) is 0 Å². The first-order valence-corrected chi connectivity index (χ1v) is 10.8. The number of hydrogen-bond donors (Lipinski definition) is 1. The van der Waals surface area contributed by atoms with Crippen molar-refractivity contribution in [1.82, 2.24) is 10.2 Å². The molecule has 0 saturated heterocycles. The number of carbonyl (C=O) groups is 2. The van der Waals surface area contributed by atoms with Gasteiger partial charge in [-0.15, -0.1) is 0 Å². The molecule has 1 N–H and O–H groups in total. The van der Waals surface area contributed by atoms with Gasteiger partial charge in [0.25, 0.3) is 0 Å². The van der Waals surface area contributed by atoms with Crippen molar-refractivity contribution in [2.45, 2.75) is 83.8 Å². The average molecular weight is 413 g/mol. The molecule has 0 unspecified atom stereocenters. The molecule has 1 atom stereocenters. The Morgan fingerprint density at radius 2 is 1.78 bits per heavy atom. The van der Waals surface area contributed by atoms with Crippen LogP contribution in [0.3, 0.4) is 0 Å². The lowest BCUT2D eigenvalue weighted by Gasteiger charge is -2.33. The molecular weight excluding hydrogens is 383 g/mol. The van der Waals surface area contributed by atoms with Crippen molar-refractivity contribution in [2.75, 3.05) is 0 Å². The topological polar surface area (TPSA) is 49.4 Å². The van der Waals surface area contributed by atoms with Crippen molar-refractivity contribution < 1.29 is 9.59 Å². The lowest BCUT2D eigenvalue weighted by atomic mass is 9.95. The van der Waals surface area contributed by atoms with Crippen molar-refractivity contribution >= 4 is 35.0 Å². The van der Waals surface area contributed by atoms with E-state index in [2.05, 4.69) is 5.32 Å². The van der Waals surface area contributed by atoms with Crippen LogP contribution in [-0.4, -0.2) is 28.8 Å². The van der Waals surface area contributed by atoms with Crippen molar-refractivity contribution in [3.05, 3.63) is 33.8 Å². The SMILES string of the molecule is CCCC(=O)N(Cc1c(Cl)cccc1Cl)[C@H](CC)C(=O)NC1CCCCC1. The normalized spacial score (nSPS) is 16.0. The zero-order chi connectivity index (χ0) is 19.8. The van der Waals surface area contributed by atoms with Gasteiger partial charge in [0.2, 0.25) is 11.8 Å². The van der Waals surface area contributed by atoms with Crippen LogP contribution < -0.4 is 5.32 Å². The number of benzene rings is 1. The molecule has 2 rings (SSSR count). The van der Waals surface area contributed by atoms with Gasteiger partial charge in [-0.2, -0.15) is 0 Å². The van der Waals surface area contributed by atoms with Crippen molar-refractivity contribution in [3.8, 4) is 0 Å². The lowest BCUT2D eigenvalue weighted by Crippen LogP contribution is -2.51. The van der Waals surface area contributed by atoms with Gasteiger partial charge in [0, 0.05) is 34.6 Å². The summed E-state index contributed by atoms with van der Waals surface area (Å²) in [6.07, 6.45) is 7.24. The summed E-state index contributed by atoms with van der Waals surface area (Å²) in [6.45, 7) is 4.14. The summed E-state index contributed by atoms with van der Waals surface area (Å²) in [7, 11) is 0. The number of amides is 2. The molecule has 2 amide bonds. The van der Waals surface area contributed by atoms with Gasteiger partial charge in [0.05, 0.1) is 0 Å². The van der Waals surface area contributed by atoms with E-state index < -0.39 is 6.04 Å². The van der Waals surface area contributed by atoms with Gasteiger partial charge in [-0.25, -0.2) is 0 Å². The quantitative estimate of drug-likeness (QED) is 0.625. The molecule has 0 aromatic heterocycles. The number of rotatable bonds is 8. The van der Waals surface area contributed by atoms with Crippen LogP contribution in [0.1, 0.15) is 70.8 Å². The Morgan fingerprint density at radius 1 is 1.15 bits per heavy atom. The van der Waals surface area contributed by atoms with E-state index in [9.17, 15) is 9.59 Å². The van der Waals surface area contributed by atoms with Gasteiger partial charge >= 0.3 is 0 Å². The molecule has 1 aromatic rings. The highest BCUT2D eigenvalue weighted by Crippen LogP contribution is 2.27. The molecule has 0 radical (unpaired) electrons. The van der Waals surface area contributed by atoms with Crippen LogP contribution in [0, 0.1) is 0 Å². The highest BCUT2D eigenvalue weighted by Gasteiger charge is 2.30. The molecule has 1 aliphatic carbocycles. The van der Waals surface area contributed by atoms with Gasteiger partial charge in [0.1, 0.15) is 6.04 Å². The first-order chi connectivity index (χ1) is 13.0. The van der Waals surface area contributed by atoms with Crippen LogP contribution in [0.25, 0.3) is 0 Å². The van der Waals surface area contributed by atoms with Crippen LogP contribution in [0.15, 0.2) is 18.2 Å². The van der Waals surface area contributed by atoms with Crippen LogP contribution in [0.4, 0.5) is 0 Å². The minimum atomic E-state index is -0.515. The minimum absolute atomic E-state index is 0.0425. The van der Waals surface area contributed by atoms with Gasteiger partial charge in [-0.3, -0.25) is 9.59 Å². The van der Waals surface area contributed by atoms with Crippen molar-refractivity contribution in [2.24, 2.45) is 0 Å². The fraction of sp³-hybridized carbons (Fsp3) is 0.619. The third-order valence-electron chi connectivity index (χ3n) is 5.19. The Morgan fingerprint density at radius 3 is 2.33 bits per heavy atom. The largest absolute Gasteiger partial charge is 0.352 e. The molecule has 150 valence electrons. The molecule has 0 bridgehead atoms. The summed E-state index contributed by atoms with van der Waals surface area (Å²) in [5, 5.41) is 4.19. The van der Waals surface area contributed by atoms with Gasteiger partial charge in [-0.1, -0.05) is 62.4 Å². The predicted octanol–water partition coefficient (Wildman–Crippen LogP) is 5.35. The van der Waals surface area contributed by atoms with Crippen LogP contribution in [0.5, 0.6) is 0 Å². The third kappa shape index (κ3) is 6.11. The first kappa shape index (κ1) is 22.0. The Hall–Kier alpha value is -1.26. The smallest absolute Gasteiger partial charge is 0.243 e. The highest BCUT2D eigenvalue weighted by atomic mass is 35.5. The second-order valence-corrected chi connectivity index (χ2v) is 8.05. The van der Waals surface area contributed by atoms with E-state index in [1.165, 1.54) is 6.42 Å². The van der Waals surface area contributed by atoms with Crippen LogP contribution >= 0.6 is 23.2 Å². The molecule has 1 aliphatic rings. The van der Waals surface area contributed by atoms with E-state index in [0.29, 0.717) is 28.5 Å². The van der Waals surface area contributed by atoms with Crippen LogP contribution in [-0.2, 0) is 16.1 Å². The molecule has 4 nitrogen and oxygen atoms in total. The van der Waals surface area contributed by atoms with Gasteiger partial charge in [-0.05, 0) is 37.8 Å². The zero-order valence-electron chi connectivity index (χ0n) is 16.3. The third-order valence-corrected chi connectivity index (χ3v) is 5.90. The summed E-state index contributed by atoms with van der Waals surface area (Å²) >= 11 is 12.6. The number of nitrogens with zero attached hydrogens (tertiary/aromatic N) is 1. The summed E-state index contributed by atoms with van der Waals surface area (Å²) in [6, 6.07) is 4.99. The molecule has 1 aromatic carbocycles. The molecule has 1 saturated carbocycles. The van der Waals surface area contributed by atoms with Crippen molar-refractivity contribution in [1.29, 1.82) is 0 Å². The number of nitrogens with one attached hydrogen (secondary N) is 1. The Labute approximate surface area is 172 Å². The Bertz CT molecular complexity index is 625. The molecule has 6 heteroatoms. The Kier molecular flexibility index (Phi) is 8.91. The summed E-state index contributed by atoms with van der Waals surface area (Å²) in [5.41, 5.74) is 0.689.